The van der Waals surface area contributed by atoms with E-state index < -0.39 is 10.0 Å². The minimum absolute atomic E-state index is 0.00685. The SMILES string of the molecule is Cc1[nH]c2ccc(Br)cc2c1CC(=O)N1CCN(S(=O)(=O)c2cccnc2)CC1. The van der Waals surface area contributed by atoms with Crippen LogP contribution in [0.3, 0.4) is 0 Å². The minimum Gasteiger partial charge on any atom is -0.358 e. The zero-order valence-corrected chi connectivity index (χ0v) is 18.3. The molecule has 0 aliphatic carbocycles. The van der Waals surface area contributed by atoms with Gasteiger partial charge in [-0.3, -0.25) is 9.78 Å². The first-order valence-corrected chi connectivity index (χ1v) is 11.5. The highest BCUT2D eigenvalue weighted by Gasteiger charge is 2.30. The fourth-order valence-corrected chi connectivity index (χ4v) is 5.42. The summed E-state index contributed by atoms with van der Waals surface area (Å²) in [7, 11) is -3.58. The Morgan fingerprint density at radius 2 is 1.97 bits per heavy atom. The Bertz CT molecular complexity index is 1150. The minimum atomic E-state index is -3.58. The van der Waals surface area contributed by atoms with E-state index in [1.54, 1.807) is 17.2 Å². The number of fused-ring (bicyclic) bond motifs is 1. The molecule has 1 fully saturated rings. The highest BCUT2D eigenvalue weighted by atomic mass is 79.9. The van der Waals surface area contributed by atoms with E-state index in [1.807, 2.05) is 25.1 Å². The first-order valence-electron chi connectivity index (χ1n) is 9.31. The smallest absolute Gasteiger partial charge is 0.244 e. The molecule has 9 heteroatoms. The maximum Gasteiger partial charge on any atom is 0.244 e. The van der Waals surface area contributed by atoms with Gasteiger partial charge in [-0.15, -0.1) is 0 Å². The number of pyridine rings is 1. The van der Waals surface area contributed by atoms with Gasteiger partial charge in [0, 0.05) is 59.6 Å². The predicted octanol–water partition coefficient (Wildman–Crippen LogP) is 2.71. The number of piperazine rings is 1. The molecule has 3 heterocycles. The first kappa shape index (κ1) is 20.1. The normalized spacial score (nSPS) is 15.7. The average Bonchev–Trinajstić information content (AvgIpc) is 3.03. The van der Waals surface area contributed by atoms with Crippen molar-refractivity contribution in [1.29, 1.82) is 0 Å². The van der Waals surface area contributed by atoms with Crippen LogP contribution in [0.5, 0.6) is 0 Å². The summed E-state index contributed by atoms with van der Waals surface area (Å²) in [4.78, 5) is 22.0. The number of aromatic nitrogens is 2. The molecule has 7 nitrogen and oxygen atoms in total. The van der Waals surface area contributed by atoms with Crippen molar-refractivity contribution < 1.29 is 13.2 Å². The van der Waals surface area contributed by atoms with E-state index in [4.69, 9.17) is 0 Å². The highest BCUT2D eigenvalue weighted by Crippen LogP contribution is 2.26. The van der Waals surface area contributed by atoms with Crippen LogP contribution in [0.15, 0.2) is 52.1 Å². The first-order chi connectivity index (χ1) is 13.9. The lowest BCUT2D eigenvalue weighted by Gasteiger charge is -2.34. The van der Waals surface area contributed by atoms with Gasteiger partial charge in [0.05, 0.1) is 6.42 Å². The molecule has 1 amide bonds. The lowest BCUT2D eigenvalue weighted by Crippen LogP contribution is -2.50. The van der Waals surface area contributed by atoms with Crippen molar-refractivity contribution in [3.8, 4) is 0 Å². The van der Waals surface area contributed by atoms with Gasteiger partial charge in [0.1, 0.15) is 4.90 Å². The fourth-order valence-electron chi connectivity index (χ4n) is 3.67. The average molecular weight is 477 g/mol. The summed E-state index contributed by atoms with van der Waals surface area (Å²) in [6.07, 6.45) is 3.18. The van der Waals surface area contributed by atoms with E-state index in [0.29, 0.717) is 13.1 Å². The van der Waals surface area contributed by atoms with Crippen molar-refractivity contribution in [2.75, 3.05) is 26.2 Å². The number of nitrogens with zero attached hydrogens (tertiary/aromatic N) is 3. The summed E-state index contributed by atoms with van der Waals surface area (Å²) >= 11 is 3.49. The lowest BCUT2D eigenvalue weighted by molar-refractivity contribution is -0.131. The van der Waals surface area contributed by atoms with Gasteiger partial charge in [0.15, 0.2) is 0 Å². The third kappa shape index (κ3) is 3.94. The maximum atomic E-state index is 12.9. The third-order valence-electron chi connectivity index (χ3n) is 5.27. The van der Waals surface area contributed by atoms with Crippen molar-refractivity contribution >= 4 is 42.8 Å². The summed E-state index contributed by atoms with van der Waals surface area (Å²) in [5, 5.41) is 1.03. The number of H-pyrrole nitrogens is 1. The number of nitrogens with one attached hydrogen (secondary N) is 1. The number of carbonyl (C=O) groups is 1. The topological polar surface area (TPSA) is 86.4 Å². The molecule has 1 N–H and O–H groups in total. The molecular weight excluding hydrogens is 456 g/mol. The maximum absolute atomic E-state index is 12.9. The predicted molar refractivity (Wildman–Crippen MR) is 114 cm³/mol. The van der Waals surface area contributed by atoms with Gasteiger partial charge in [-0.1, -0.05) is 15.9 Å². The molecule has 1 saturated heterocycles. The standard InChI is InChI=1S/C20H21BrN4O3S/c1-14-17(18-11-15(21)4-5-19(18)23-14)12-20(26)24-7-9-25(10-8-24)29(27,28)16-3-2-6-22-13-16/h2-6,11,13,23H,7-10,12H2,1H3. The van der Waals surface area contributed by atoms with Crippen LogP contribution in [0.25, 0.3) is 10.9 Å². The molecule has 0 spiro atoms. The summed E-state index contributed by atoms with van der Waals surface area (Å²) in [5.41, 5.74) is 2.96. The number of carbonyl (C=O) groups excluding carboxylic acids is 1. The molecule has 3 aromatic rings. The molecular formula is C20H21BrN4O3S. The van der Waals surface area contributed by atoms with Gasteiger partial charge in [-0.2, -0.15) is 4.31 Å². The molecule has 0 radical (unpaired) electrons. The number of aryl methyl sites for hydroxylation is 1. The summed E-state index contributed by atoms with van der Waals surface area (Å²) < 4.78 is 27.8. The molecule has 0 bridgehead atoms. The number of amides is 1. The van der Waals surface area contributed by atoms with Gasteiger partial charge in [0.2, 0.25) is 15.9 Å². The molecule has 1 aliphatic rings. The largest absolute Gasteiger partial charge is 0.358 e. The van der Waals surface area contributed by atoms with Crippen molar-refractivity contribution in [3.05, 3.63) is 58.5 Å². The van der Waals surface area contributed by atoms with Crippen LogP contribution >= 0.6 is 15.9 Å². The molecule has 1 aromatic carbocycles. The van der Waals surface area contributed by atoms with E-state index in [0.717, 1.165) is 26.6 Å². The zero-order valence-electron chi connectivity index (χ0n) is 15.9. The van der Waals surface area contributed by atoms with Gasteiger partial charge in [-0.25, -0.2) is 8.42 Å². The number of benzene rings is 1. The van der Waals surface area contributed by atoms with Crippen molar-refractivity contribution in [2.24, 2.45) is 0 Å². The number of hydrogen-bond acceptors (Lipinski definition) is 4. The van der Waals surface area contributed by atoms with Gasteiger partial charge in [-0.05, 0) is 42.8 Å². The Kier molecular flexibility index (Phi) is 5.46. The molecule has 1 aliphatic heterocycles. The van der Waals surface area contributed by atoms with Gasteiger partial charge in [0.25, 0.3) is 0 Å². The Morgan fingerprint density at radius 3 is 2.66 bits per heavy atom. The summed E-state index contributed by atoms with van der Waals surface area (Å²) in [6, 6.07) is 9.11. The Labute approximate surface area is 177 Å². The van der Waals surface area contributed by atoms with Crippen LogP contribution in [0.1, 0.15) is 11.3 Å². The van der Waals surface area contributed by atoms with Crippen LogP contribution in [0.4, 0.5) is 0 Å². The molecule has 0 saturated carbocycles. The zero-order chi connectivity index (χ0) is 20.6. The number of rotatable bonds is 4. The van der Waals surface area contributed by atoms with Gasteiger partial charge >= 0.3 is 0 Å². The van der Waals surface area contributed by atoms with Crippen LogP contribution < -0.4 is 0 Å². The second-order valence-electron chi connectivity index (χ2n) is 7.07. The second-order valence-corrected chi connectivity index (χ2v) is 9.92. The summed E-state index contributed by atoms with van der Waals surface area (Å²) in [5.74, 6) is 0.00685. The number of halogens is 1. The molecule has 29 heavy (non-hydrogen) atoms. The monoisotopic (exact) mass is 476 g/mol. The van der Waals surface area contributed by atoms with E-state index >= 15 is 0 Å². The Balaban J connectivity index is 1.45. The van der Waals surface area contributed by atoms with Crippen molar-refractivity contribution in [2.45, 2.75) is 18.2 Å². The van der Waals surface area contributed by atoms with Crippen molar-refractivity contribution in [3.63, 3.8) is 0 Å². The third-order valence-corrected chi connectivity index (χ3v) is 7.65. The van der Waals surface area contributed by atoms with Crippen LogP contribution in [0, 0.1) is 6.92 Å². The quantitative estimate of drug-likeness (QED) is 0.626. The number of sulfonamides is 1. The molecule has 0 atom stereocenters. The fraction of sp³-hybridized carbons (Fsp3) is 0.300. The number of aromatic amines is 1. The number of hydrogen-bond donors (Lipinski definition) is 1. The van der Waals surface area contributed by atoms with E-state index in [2.05, 4.69) is 25.9 Å². The molecule has 152 valence electrons. The van der Waals surface area contributed by atoms with Crippen LogP contribution in [0.2, 0.25) is 0 Å². The Morgan fingerprint density at radius 1 is 1.21 bits per heavy atom. The molecule has 0 unspecified atom stereocenters. The van der Waals surface area contributed by atoms with E-state index in [9.17, 15) is 13.2 Å². The lowest BCUT2D eigenvalue weighted by atomic mass is 10.1. The molecule has 4 rings (SSSR count). The highest BCUT2D eigenvalue weighted by molar-refractivity contribution is 9.10. The van der Waals surface area contributed by atoms with E-state index in [1.165, 1.54) is 16.6 Å². The molecule has 2 aromatic heterocycles. The van der Waals surface area contributed by atoms with Crippen molar-refractivity contribution in [1.82, 2.24) is 19.2 Å². The summed E-state index contributed by atoms with van der Waals surface area (Å²) in [6.45, 7) is 3.28. The van der Waals surface area contributed by atoms with Crippen LogP contribution in [-0.4, -0.2) is 59.7 Å². The van der Waals surface area contributed by atoms with Gasteiger partial charge < -0.3 is 9.88 Å². The Hall–Kier alpha value is -2.23. The van der Waals surface area contributed by atoms with E-state index in [-0.39, 0.29) is 30.3 Å². The van der Waals surface area contributed by atoms with Crippen LogP contribution in [-0.2, 0) is 21.2 Å². The second kappa shape index (κ2) is 7.89.